The minimum absolute atomic E-state index is 0.558. The highest BCUT2D eigenvalue weighted by Gasteiger charge is 2.09. The van der Waals surface area contributed by atoms with Gasteiger partial charge in [0.15, 0.2) is 0 Å². The molecule has 0 radical (unpaired) electrons. The van der Waals surface area contributed by atoms with Crippen LogP contribution in [0.1, 0.15) is 10.6 Å². The van der Waals surface area contributed by atoms with Gasteiger partial charge >= 0.3 is 0 Å². The fraction of sp³-hybridized carbons (Fsp3) is 0.0526. The van der Waals surface area contributed by atoms with Crippen molar-refractivity contribution in [1.29, 1.82) is 5.26 Å². The lowest BCUT2D eigenvalue weighted by molar-refractivity contribution is 0.415. The van der Waals surface area contributed by atoms with Crippen molar-refractivity contribution in [3.63, 3.8) is 0 Å². The van der Waals surface area contributed by atoms with Gasteiger partial charge in [0.2, 0.25) is 0 Å². The third-order valence-electron chi connectivity index (χ3n) is 3.35. The summed E-state index contributed by atoms with van der Waals surface area (Å²) in [5.74, 6) is 0.793. The molecule has 0 atom stereocenters. The molecule has 2 aromatic carbocycles. The first-order chi connectivity index (χ1) is 11.3. The number of rotatable bonds is 4. The van der Waals surface area contributed by atoms with Crippen LogP contribution in [0, 0.1) is 11.3 Å². The van der Waals surface area contributed by atoms with Gasteiger partial charge in [0.25, 0.3) is 0 Å². The smallest absolute Gasteiger partial charge is 0.134 e. The van der Waals surface area contributed by atoms with Crippen LogP contribution in [0.15, 0.2) is 60.0 Å². The van der Waals surface area contributed by atoms with Crippen molar-refractivity contribution < 1.29 is 4.74 Å². The molecule has 3 nitrogen and oxygen atoms in total. The Morgan fingerprint density at radius 3 is 2.52 bits per heavy atom. The Balaban J connectivity index is 1.90. The van der Waals surface area contributed by atoms with Crippen molar-refractivity contribution in [3.8, 4) is 23.1 Å². The normalized spacial score (nSPS) is 11.0. The molecule has 3 rings (SSSR count). The first-order valence-electron chi connectivity index (χ1n) is 7.07. The van der Waals surface area contributed by atoms with Gasteiger partial charge in [-0.3, -0.25) is 0 Å². The highest BCUT2D eigenvalue weighted by Crippen LogP contribution is 2.27. The van der Waals surface area contributed by atoms with Crippen molar-refractivity contribution in [2.45, 2.75) is 0 Å². The highest BCUT2D eigenvalue weighted by atomic mass is 32.1. The summed E-state index contributed by atoms with van der Waals surface area (Å²) in [5, 5.41) is 12.1. The maximum absolute atomic E-state index is 9.45. The molecule has 0 aliphatic heterocycles. The zero-order valence-corrected chi connectivity index (χ0v) is 13.4. The van der Waals surface area contributed by atoms with Gasteiger partial charge in [-0.15, -0.1) is 11.3 Å². The number of hydrogen-bond donors (Lipinski definition) is 0. The van der Waals surface area contributed by atoms with Crippen LogP contribution in [0.25, 0.3) is 22.9 Å². The van der Waals surface area contributed by atoms with E-state index in [4.69, 9.17) is 4.74 Å². The van der Waals surface area contributed by atoms with Gasteiger partial charge in [-0.05, 0) is 23.8 Å². The maximum Gasteiger partial charge on any atom is 0.134 e. The monoisotopic (exact) mass is 318 g/mol. The summed E-state index contributed by atoms with van der Waals surface area (Å²) < 4.78 is 5.14. The molecule has 0 bridgehead atoms. The summed E-state index contributed by atoms with van der Waals surface area (Å²) in [7, 11) is 1.63. The van der Waals surface area contributed by atoms with Crippen molar-refractivity contribution in [2.75, 3.05) is 7.11 Å². The van der Waals surface area contributed by atoms with Crippen molar-refractivity contribution >= 4 is 23.0 Å². The summed E-state index contributed by atoms with van der Waals surface area (Å²) >= 11 is 1.48. The lowest BCUT2D eigenvalue weighted by Crippen LogP contribution is -1.84. The molecule has 0 spiro atoms. The average Bonchev–Trinajstić information content (AvgIpc) is 3.11. The number of thiazole rings is 1. The van der Waals surface area contributed by atoms with Crippen LogP contribution < -0.4 is 4.74 Å². The molecular weight excluding hydrogens is 304 g/mol. The van der Waals surface area contributed by atoms with Crippen molar-refractivity contribution in [3.05, 3.63) is 70.5 Å². The predicted octanol–water partition coefficient (Wildman–Crippen LogP) is 4.88. The zero-order chi connectivity index (χ0) is 16.1. The SMILES string of the molecule is COc1ccc(/C=C(\C#N)c2nc(-c3ccccc3)cs2)cc1. The molecule has 1 heterocycles. The van der Waals surface area contributed by atoms with Crippen LogP contribution in [-0.2, 0) is 0 Å². The summed E-state index contributed by atoms with van der Waals surface area (Å²) in [6, 6.07) is 19.8. The molecule has 0 fully saturated rings. The second kappa shape index (κ2) is 6.91. The highest BCUT2D eigenvalue weighted by molar-refractivity contribution is 7.11. The van der Waals surface area contributed by atoms with Crippen molar-refractivity contribution in [1.82, 2.24) is 4.98 Å². The van der Waals surface area contributed by atoms with E-state index >= 15 is 0 Å². The fourth-order valence-electron chi connectivity index (χ4n) is 2.15. The second-order valence-corrected chi connectivity index (χ2v) is 5.71. The molecule has 0 N–H and O–H groups in total. The number of hydrogen-bond acceptors (Lipinski definition) is 4. The molecule has 0 unspecified atom stereocenters. The molecule has 3 aromatic rings. The van der Waals surface area contributed by atoms with Crippen LogP contribution in [0.5, 0.6) is 5.75 Å². The molecule has 0 saturated carbocycles. The number of benzene rings is 2. The van der Waals surface area contributed by atoms with E-state index in [-0.39, 0.29) is 0 Å². The number of allylic oxidation sites excluding steroid dienone is 1. The Labute approximate surface area is 139 Å². The summed E-state index contributed by atoms with van der Waals surface area (Å²) in [4.78, 5) is 4.58. The van der Waals surface area contributed by atoms with Crippen molar-refractivity contribution in [2.24, 2.45) is 0 Å². The molecule has 23 heavy (non-hydrogen) atoms. The Bertz CT molecular complexity index is 858. The van der Waals surface area contributed by atoms with E-state index < -0.39 is 0 Å². The molecule has 4 heteroatoms. The lowest BCUT2D eigenvalue weighted by atomic mass is 10.1. The number of aromatic nitrogens is 1. The summed E-state index contributed by atoms with van der Waals surface area (Å²) in [5.41, 5.74) is 3.44. The van der Waals surface area contributed by atoms with Gasteiger partial charge < -0.3 is 4.74 Å². The van der Waals surface area contributed by atoms with E-state index in [9.17, 15) is 5.26 Å². The molecule has 112 valence electrons. The number of nitrogens with zero attached hydrogens (tertiary/aromatic N) is 2. The molecule has 0 aliphatic carbocycles. The van der Waals surface area contributed by atoms with Crippen LogP contribution in [-0.4, -0.2) is 12.1 Å². The summed E-state index contributed by atoms with van der Waals surface area (Å²) in [6.07, 6.45) is 1.84. The first kappa shape index (κ1) is 15.0. The first-order valence-corrected chi connectivity index (χ1v) is 7.95. The van der Waals surface area contributed by atoms with Crippen LogP contribution in [0.3, 0.4) is 0 Å². The van der Waals surface area contributed by atoms with Crippen LogP contribution in [0.4, 0.5) is 0 Å². The van der Waals surface area contributed by atoms with E-state index in [1.165, 1.54) is 11.3 Å². The second-order valence-electron chi connectivity index (χ2n) is 4.85. The molecular formula is C19H14N2OS. The average molecular weight is 318 g/mol. The summed E-state index contributed by atoms with van der Waals surface area (Å²) in [6.45, 7) is 0. The van der Waals surface area contributed by atoms with Gasteiger partial charge in [0.1, 0.15) is 16.8 Å². The van der Waals surface area contributed by atoms with E-state index in [2.05, 4.69) is 11.1 Å². The number of nitriles is 1. The molecule has 0 saturated heterocycles. The molecule has 1 aromatic heterocycles. The number of methoxy groups -OCH3 is 1. The van der Waals surface area contributed by atoms with Gasteiger partial charge in [-0.2, -0.15) is 5.26 Å². The molecule has 0 aliphatic rings. The largest absolute Gasteiger partial charge is 0.497 e. The Kier molecular flexibility index (Phi) is 4.51. The zero-order valence-electron chi connectivity index (χ0n) is 12.6. The van der Waals surface area contributed by atoms with Gasteiger partial charge in [-0.25, -0.2) is 4.98 Å². The standard InChI is InChI=1S/C19H14N2OS/c1-22-17-9-7-14(8-10-17)11-16(12-20)19-21-18(13-23-19)15-5-3-2-4-6-15/h2-11,13H,1H3/b16-11+. The van der Waals surface area contributed by atoms with Gasteiger partial charge in [-0.1, -0.05) is 42.5 Å². The Hall–Kier alpha value is -2.90. The van der Waals surface area contributed by atoms with E-state index in [0.29, 0.717) is 5.57 Å². The Morgan fingerprint density at radius 2 is 1.87 bits per heavy atom. The van der Waals surface area contributed by atoms with E-state index in [1.807, 2.05) is 66.1 Å². The number of ether oxygens (including phenoxy) is 1. The Morgan fingerprint density at radius 1 is 1.13 bits per heavy atom. The van der Waals surface area contributed by atoms with Gasteiger partial charge in [0, 0.05) is 10.9 Å². The van der Waals surface area contributed by atoms with Crippen LogP contribution >= 0.6 is 11.3 Å². The third kappa shape index (κ3) is 3.47. The quantitative estimate of drug-likeness (QED) is 0.644. The maximum atomic E-state index is 9.45. The lowest BCUT2D eigenvalue weighted by Gasteiger charge is -2.00. The minimum Gasteiger partial charge on any atom is -0.497 e. The van der Waals surface area contributed by atoms with Crippen LogP contribution in [0.2, 0.25) is 0 Å². The van der Waals surface area contributed by atoms with E-state index in [1.54, 1.807) is 7.11 Å². The molecule has 0 amide bonds. The third-order valence-corrected chi connectivity index (χ3v) is 4.23. The van der Waals surface area contributed by atoms with E-state index in [0.717, 1.165) is 27.6 Å². The van der Waals surface area contributed by atoms with Gasteiger partial charge in [0.05, 0.1) is 18.4 Å². The topological polar surface area (TPSA) is 45.9 Å². The minimum atomic E-state index is 0.558. The predicted molar refractivity (Wildman–Crippen MR) is 94.0 cm³/mol. The fourth-order valence-corrected chi connectivity index (χ4v) is 2.94.